The molecule has 0 unspecified atom stereocenters. The van der Waals surface area contributed by atoms with Gasteiger partial charge in [0.25, 0.3) is 0 Å². The Labute approximate surface area is 236 Å². The smallest absolute Gasteiger partial charge is 0.247 e. The highest BCUT2D eigenvalue weighted by Gasteiger charge is 2.09. The lowest BCUT2D eigenvalue weighted by molar-refractivity contribution is -0.295. The van der Waals surface area contributed by atoms with E-state index in [-0.39, 0.29) is 0 Å². The molecule has 0 amide bonds. The van der Waals surface area contributed by atoms with Crippen LogP contribution in [0, 0.1) is 0 Å². The normalized spacial score (nSPS) is 10.6. The Morgan fingerprint density at radius 1 is 0.368 bits per heavy atom. The first kappa shape index (κ1) is 39.0. The van der Waals surface area contributed by atoms with Crippen LogP contribution in [0.25, 0.3) is 0 Å². The minimum absolute atomic E-state index is 0.334. The summed E-state index contributed by atoms with van der Waals surface area (Å²) in [4.78, 5) is 42.1. The Balaban J connectivity index is 0. The molecule has 0 atom stereocenters. The molecular formula is C32H64O6. The van der Waals surface area contributed by atoms with Gasteiger partial charge in [-0.2, -0.15) is 0 Å². The van der Waals surface area contributed by atoms with Crippen molar-refractivity contribution in [1.82, 2.24) is 0 Å². The van der Waals surface area contributed by atoms with Gasteiger partial charge in [-0.25, -0.2) is 29.1 Å². The Kier molecular flexibility index (Phi) is 36.8. The third-order valence-electron chi connectivity index (χ3n) is 6.44. The molecule has 0 aliphatic carbocycles. The van der Waals surface area contributed by atoms with Crippen molar-refractivity contribution in [3.63, 3.8) is 0 Å². The van der Waals surface area contributed by atoms with E-state index in [4.69, 9.17) is 9.78 Å². The molecule has 0 heterocycles. The lowest BCUT2D eigenvalue weighted by Crippen LogP contribution is -2.11. The third-order valence-corrected chi connectivity index (χ3v) is 6.44. The molecule has 228 valence electrons. The maximum absolute atomic E-state index is 11.6. The minimum atomic E-state index is -0.427. The maximum Gasteiger partial charge on any atom is 0.355 e. The second-order valence-corrected chi connectivity index (χ2v) is 10.4. The fourth-order valence-corrected chi connectivity index (χ4v) is 3.86. The van der Waals surface area contributed by atoms with Crippen molar-refractivity contribution < 1.29 is 29.1 Å². The van der Waals surface area contributed by atoms with Gasteiger partial charge in [0.05, 0.1) is 26.1 Å². The van der Waals surface area contributed by atoms with E-state index in [1.165, 1.54) is 77.0 Å². The molecule has 0 rings (SSSR count). The van der Waals surface area contributed by atoms with Gasteiger partial charge in [0.2, 0.25) is 0 Å². The molecule has 0 saturated heterocycles. The first-order chi connectivity index (χ1) is 18.6. The molecule has 0 N–H and O–H groups in total. The Morgan fingerprint density at radius 3 is 0.921 bits per heavy atom. The molecule has 0 spiro atoms. The molecule has 0 aliphatic rings. The molecule has 38 heavy (non-hydrogen) atoms. The molecule has 6 heteroatoms. The third kappa shape index (κ3) is 37.0. The van der Waals surface area contributed by atoms with Crippen LogP contribution in [0.5, 0.6) is 0 Å². The summed E-state index contributed by atoms with van der Waals surface area (Å²) < 4.78 is 0. The monoisotopic (exact) mass is 544 g/mol. The topological polar surface area (TPSA) is 71.1 Å². The number of hydrogen-bond acceptors (Lipinski definition) is 6. The highest BCUT2D eigenvalue weighted by atomic mass is 17.2. The summed E-state index contributed by atoms with van der Waals surface area (Å²) in [5, 5.41) is 0. The summed E-state index contributed by atoms with van der Waals surface area (Å²) >= 11 is 0. The number of carbonyl (C=O) groups excluding carboxylic acids is 2. The van der Waals surface area contributed by atoms with Crippen LogP contribution in [-0.4, -0.2) is 25.2 Å². The lowest BCUT2D eigenvalue weighted by Gasteiger charge is -2.04. The Bertz CT molecular complexity index is 427. The number of carbonyl (C=O) groups is 2. The molecule has 6 nitrogen and oxygen atoms in total. The van der Waals surface area contributed by atoms with Crippen molar-refractivity contribution in [2.45, 2.75) is 182 Å². The quantitative estimate of drug-likeness (QED) is 0.0582. The maximum atomic E-state index is 11.6. The van der Waals surface area contributed by atoms with Gasteiger partial charge in [-0.15, -0.1) is 0 Å². The van der Waals surface area contributed by atoms with E-state index < -0.39 is 11.9 Å². The summed E-state index contributed by atoms with van der Waals surface area (Å²) in [6.07, 6.45) is 26.8. The van der Waals surface area contributed by atoms with Gasteiger partial charge in [0.15, 0.2) is 0 Å². The second-order valence-electron chi connectivity index (χ2n) is 10.4. The zero-order chi connectivity index (χ0) is 28.4. The zero-order valence-corrected chi connectivity index (χ0v) is 25.8. The molecule has 0 fully saturated rings. The van der Waals surface area contributed by atoms with Crippen LogP contribution in [0.15, 0.2) is 0 Å². The molecule has 0 radical (unpaired) electrons. The van der Waals surface area contributed by atoms with Gasteiger partial charge in [0.1, 0.15) is 0 Å². The molecule has 0 aliphatic heterocycles. The van der Waals surface area contributed by atoms with Crippen molar-refractivity contribution >= 4 is 11.9 Å². The SMILES string of the molecule is CCCCCCCCCCCC(=O)OOC(=O)CCCCCCCCCCC.CCCCOOCCCC. The largest absolute Gasteiger partial charge is 0.355 e. The van der Waals surface area contributed by atoms with Gasteiger partial charge < -0.3 is 0 Å². The molecular weight excluding hydrogens is 480 g/mol. The van der Waals surface area contributed by atoms with Crippen LogP contribution in [0.3, 0.4) is 0 Å². The first-order valence-corrected chi connectivity index (χ1v) is 16.3. The average molecular weight is 545 g/mol. The number of unbranched alkanes of at least 4 members (excludes halogenated alkanes) is 18. The highest BCUT2D eigenvalue weighted by molar-refractivity contribution is 5.72. The lowest BCUT2D eigenvalue weighted by atomic mass is 10.1. The first-order valence-electron chi connectivity index (χ1n) is 16.3. The van der Waals surface area contributed by atoms with Gasteiger partial charge >= 0.3 is 11.9 Å². The minimum Gasteiger partial charge on any atom is -0.247 e. The van der Waals surface area contributed by atoms with Crippen LogP contribution in [0.2, 0.25) is 0 Å². The van der Waals surface area contributed by atoms with Gasteiger partial charge in [-0.3, -0.25) is 0 Å². The van der Waals surface area contributed by atoms with Gasteiger partial charge in [-0.1, -0.05) is 143 Å². The van der Waals surface area contributed by atoms with Gasteiger partial charge in [0, 0.05) is 0 Å². The van der Waals surface area contributed by atoms with Gasteiger partial charge in [-0.05, 0) is 25.7 Å². The molecule has 0 aromatic rings. The van der Waals surface area contributed by atoms with E-state index in [0.717, 1.165) is 77.4 Å². The van der Waals surface area contributed by atoms with Crippen molar-refractivity contribution in [3.8, 4) is 0 Å². The summed E-state index contributed by atoms with van der Waals surface area (Å²) in [5.74, 6) is -0.855. The van der Waals surface area contributed by atoms with E-state index in [1.54, 1.807) is 0 Å². The highest BCUT2D eigenvalue weighted by Crippen LogP contribution is 2.12. The predicted octanol–water partition coefficient (Wildman–Crippen LogP) is 10.4. The summed E-state index contributed by atoms with van der Waals surface area (Å²) in [6.45, 7) is 10.2. The van der Waals surface area contributed by atoms with Crippen molar-refractivity contribution in [3.05, 3.63) is 0 Å². The van der Waals surface area contributed by atoms with E-state index >= 15 is 0 Å². The standard InChI is InChI=1S/C24H46O4.C8H18O2/c1-3-5-7-9-11-13-15-17-19-21-23(25)27-28-24(26)22-20-18-16-14-12-10-8-6-4-2;1-3-5-7-9-10-8-6-4-2/h3-22H2,1-2H3;3-8H2,1-2H3. The number of hydrogen-bond donors (Lipinski definition) is 0. The summed E-state index contributed by atoms with van der Waals surface area (Å²) in [7, 11) is 0. The van der Waals surface area contributed by atoms with E-state index in [9.17, 15) is 9.59 Å². The van der Waals surface area contributed by atoms with E-state index in [2.05, 4.69) is 37.5 Å². The molecule has 0 aromatic carbocycles. The van der Waals surface area contributed by atoms with Crippen LogP contribution in [-0.2, 0) is 29.1 Å². The summed E-state index contributed by atoms with van der Waals surface area (Å²) in [5.41, 5.74) is 0. The van der Waals surface area contributed by atoms with E-state index in [0.29, 0.717) is 12.8 Å². The predicted molar refractivity (Wildman–Crippen MR) is 158 cm³/mol. The average Bonchev–Trinajstić information content (AvgIpc) is 2.92. The van der Waals surface area contributed by atoms with Crippen LogP contribution in [0.1, 0.15) is 182 Å². The van der Waals surface area contributed by atoms with E-state index in [1.807, 2.05) is 0 Å². The molecule has 0 bridgehead atoms. The van der Waals surface area contributed by atoms with Crippen LogP contribution in [0.4, 0.5) is 0 Å². The Hall–Kier alpha value is -1.14. The zero-order valence-electron chi connectivity index (χ0n) is 25.8. The summed E-state index contributed by atoms with van der Waals surface area (Å²) in [6, 6.07) is 0. The second kappa shape index (κ2) is 35.9. The molecule has 0 saturated carbocycles. The number of rotatable bonds is 27. The van der Waals surface area contributed by atoms with Crippen molar-refractivity contribution in [2.75, 3.05) is 13.2 Å². The Morgan fingerprint density at radius 2 is 0.632 bits per heavy atom. The fourth-order valence-electron chi connectivity index (χ4n) is 3.86. The fraction of sp³-hybridized carbons (Fsp3) is 0.938. The van der Waals surface area contributed by atoms with Crippen LogP contribution < -0.4 is 0 Å². The molecule has 0 aromatic heterocycles. The van der Waals surface area contributed by atoms with Crippen molar-refractivity contribution in [2.24, 2.45) is 0 Å². The van der Waals surface area contributed by atoms with Crippen LogP contribution >= 0.6 is 0 Å². The van der Waals surface area contributed by atoms with Crippen molar-refractivity contribution in [1.29, 1.82) is 0 Å².